The molecular formula is C19H25N5O. The average molecular weight is 339 g/mol. The van der Waals surface area contributed by atoms with Crippen LogP contribution in [0.25, 0.3) is 0 Å². The molecule has 0 unspecified atom stereocenters. The van der Waals surface area contributed by atoms with Gasteiger partial charge in [-0.2, -0.15) is 4.98 Å². The van der Waals surface area contributed by atoms with Crippen LogP contribution in [-0.2, 0) is 4.79 Å². The second kappa shape index (κ2) is 7.09. The Balaban J connectivity index is 1.81. The molecule has 1 aromatic carbocycles. The molecule has 1 fully saturated rings. The Morgan fingerprint density at radius 3 is 2.28 bits per heavy atom. The third kappa shape index (κ3) is 3.90. The molecule has 2 aromatic rings. The minimum atomic E-state index is 0.127. The summed E-state index contributed by atoms with van der Waals surface area (Å²) in [5.74, 6) is 1.65. The summed E-state index contributed by atoms with van der Waals surface area (Å²) in [7, 11) is 0. The summed E-state index contributed by atoms with van der Waals surface area (Å²) >= 11 is 0. The number of aryl methyl sites for hydroxylation is 3. The van der Waals surface area contributed by atoms with E-state index in [1.165, 1.54) is 11.1 Å². The van der Waals surface area contributed by atoms with Gasteiger partial charge in [0.05, 0.1) is 0 Å². The Morgan fingerprint density at radius 2 is 1.68 bits per heavy atom. The number of carbonyl (C=O) groups excluding carboxylic acids is 1. The second-order valence-electron chi connectivity index (χ2n) is 6.58. The van der Waals surface area contributed by atoms with Crippen LogP contribution in [0.4, 0.5) is 17.5 Å². The number of para-hydroxylation sites is 1. The van der Waals surface area contributed by atoms with Crippen LogP contribution in [0.15, 0.2) is 24.3 Å². The fraction of sp³-hybridized carbons (Fsp3) is 0.421. The van der Waals surface area contributed by atoms with Gasteiger partial charge >= 0.3 is 0 Å². The molecule has 6 heteroatoms. The maximum atomic E-state index is 11.5. The highest BCUT2D eigenvalue weighted by Crippen LogP contribution is 2.25. The van der Waals surface area contributed by atoms with Crippen LogP contribution in [0.2, 0.25) is 0 Å². The van der Waals surface area contributed by atoms with Crippen molar-refractivity contribution in [3.05, 3.63) is 41.1 Å². The Kier molecular flexibility index (Phi) is 4.88. The molecule has 6 nitrogen and oxygen atoms in total. The molecule has 1 N–H and O–H groups in total. The van der Waals surface area contributed by atoms with Crippen molar-refractivity contribution in [3.8, 4) is 0 Å². The molecule has 0 spiro atoms. The van der Waals surface area contributed by atoms with Crippen LogP contribution in [0.1, 0.15) is 23.7 Å². The number of piperazine rings is 1. The van der Waals surface area contributed by atoms with E-state index >= 15 is 0 Å². The van der Waals surface area contributed by atoms with Crippen LogP contribution in [0, 0.1) is 20.8 Å². The van der Waals surface area contributed by atoms with Crippen molar-refractivity contribution in [1.82, 2.24) is 14.9 Å². The van der Waals surface area contributed by atoms with E-state index in [1.54, 1.807) is 6.92 Å². The predicted octanol–water partition coefficient (Wildman–Crippen LogP) is 2.81. The molecule has 25 heavy (non-hydrogen) atoms. The zero-order valence-electron chi connectivity index (χ0n) is 15.3. The van der Waals surface area contributed by atoms with Gasteiger partial charge in [-0.05, 0) is 31.9 Å². The van der Waals surface area contributed by atoms with E-state index in [1.807, 2.05) is 17.9 Å². The summed E-state index contributed by atoms with van der Waals surface area (Å²) in [6, 6.07) is 8.19. The molecule has 132 valence electrons. The monoisotopic (exact) mass is 339 g/mol. The molecule has 0 atom stereocenters. The molecule has 0 bridgehead atoms. The zero-order valence-corrected chi connectivity index (χ0v) is 15.3. The van der Waals surface area contributed by atoms with Crippen molar-refractivity contribution >= 4 is 23.4 Å². The van der Waals surface area contributed by atoms with Gasteiger partial charge in [-0.1, -0.05) is 18.2 Å². The first-order chi connectivity index (χ1) is 11.9. The topological polar surface area (TPSA) is 61.4 Å². The standard InChI is InChI=1S/C19H25N5O/c1-13-6-5-7-14(2)18(13)21-17-12-15(3)20-19(22-17)24-10-8-23(9-11-24)16(4)25/h5-7,12H,8-11H2,1-4H3,(H,20,21,22). The van der Waals surface area contributed by atoms with E-state index in [-0.39, 0.29) is 5.91 Å². The van der Waals surface area contributed by atoms with Crippen molar-refractivity contribution in [2.45, 2.75) is 27.7 Å². The van der Waals surface area contributed by atoms with Crippen molar-refractivity contribution in [2.24, 2.45) is 0 Å². The van der Waals surface area contributed by atoms with Crippen molar-refractivity contribution < 1.29 is 4.79 Å². The molecule has 1 aliphatic heterocycles. The number of benzene rings is 1. The van der Waals surface area contributed by atoms with E-state index in [0.717, 1.165) is 36.2 Å². The summed E-state index contributed by atoms with van der Waals surface area (Å²) in [5.41, 5.74) is 4.39. The number of nitrogens with one attached hydrogen (secondary N) is 1. The lowest BCUT2D eigenvalue weighted by atomic mass is 10.1. The molecule has 1 saturated heterocycles. The van der Waals surface area contributed by atoms with E-state index in [9.17, 15) is 4.79 Å². The molecule has 0 aliphatic carbocycles. The lowest BCUT2D eigenvalue weighted by Gasteiger charge is -2.34. The SMILES string of the molecule is CC(=O)N1CCN(c2nc(C)cc(Nc3c(C)cccc3C)n2)CC1. The fourth-order valence-electron chi connectivity index (χ4n) is 3.12. The Hall–Kier alpha value is -2.63. The van der Waals surface area contributed by atoms with Gasteiger partial charge in [0.2, 0.25) is 11.9 Å². The lowest BCUT2D eigenvalue weighted by Crippen LogP contribution is -2.48. The van der Waals surface area contributed by atoms with Crippen LogP contribution < -0.4 is 10.2 Å². The number of anilines is 3. The third-order valence-corrected chi connectivity index (χ3v) is 4.58. The maximum absolute atomic E-state index is 11.5. The van der Waals surface area contributed by atoms with Gasteiger partial charge in [0, 0.05) is 50.6 Å². The smallest absolute Gasteiger partial charge is 0.227 e. The number of hydrogen-bond donors (Lipinski definition) is 1. The number of amides is 1. The number of hydrogen-bond acceptors (Lipinski definition) is 5. The zero-order chi connectivity index (χ0) is 18.0. The molecule has 1 amide bonds. The van der Waals surface area contributed by atoms with Crippen molar-refractivity contribution in [2.75, 3.05) is 36.4 Å². The normalized spacial score (nSPS) is 14.6. The molecule has 0 saturated carbocycles. The number of nitrogens with zero attached hydrogens (tertiary/aromatic N) is 4. The van der Waals surface area contributed by atoms with Crippen LogP contribution in [0.5, 0.6) is 0 Å². The molecule has 0 radical (unpaired) electrons. The fourth-order valence-corrected chi connectivity index (χ4v) is 3.12. The van der Waals surface area contributed by atoms with Gasteiger partial charge in [0.1, 0.15) is 5.82 Å². The molecular weight excluding hydrogens is 314 g/mol. The minimum Gasteiger partial charge on any atom is -0.340 e. The highest BCUT2D eigenvalue weighted by molar-refractivity contribution is 5.73. The van der Waals surface area contributed by atoms with Gasteiger partial charge in [0.25, 0.3) is 0 Å². The largest absolute Gasteiger partial charge is 0.340 e. The first kappa shape index (κ1) is 17.2. The number of carbonyl (C=O) groups is 1. The van der Waals surface area contributed by atoms with Crippen LogP contribution in [-0.4, -0.2) is 47.0 Å². The minimum absolute atomic E-state index is 0.127. The summed E-state index contributed by atoms with van der Waals surface area (Å²) in [6.45, 7) is 10.7. The highest BCUT2D eigenvalue weighted by Gasteiger charge is 2.21. The predicted molar refractivity (Wildman–Crippen MR) is 100 cm³/mol. The Morgan fingerprint density at radius 1 is 1.04 bits per heavy atom. The quantitative estimate of drug-likeness (QED) is 0.932. The molecule has 2 heterocycles. The summed E-state index contributed by atoms with van der Waals surface area (Å²) < 4.78 is 0. The van der Waals surface area contributed by atoms with E-state index in [2.05, 4.69) is 47.2 Å². The lowest BCUT2D eigenvalue weighted by molar-refractivity contribution is -0.129. The van der Waals surface area contributed by atoms with Crippen molar-refractivity contribution in [3.63, 3.8) is 0 Å². The molecule has 3 rings (SSSR count). The molecule has 1 aromatic heterocycles. The van der Waals surface area contributed by atoms with Gasteiger partial charge in [0.15, 0.2) is 0 Å². The van der Waals surface area contributed by atoms with Gasteiger partial charge in [-0.25, -0.2) is 4.98 Å². The van der Waals surface area contributed by atoms with E-state index in [0.29, 0.717) is 13.1 Å². The van der Waals surface area contributed by atoms with E-state index in [4.69, 9.17) is 4.98 Å². The summed E-state index contributed by atoms with van der Waals surface area (Å²) in [4.78, 5) is 24.8. The van der Waals surface area contributed by atoms with Gasteiger partial charge in [-0.3, -0.25) is 4.79 Å². The highest BCUT2D eigenvalue weighted by atomic mass is 16.2. The average Bonchev–Trinajstić information content (AvgIpc) is 2.58. The number of rotatable bonds is 3. The van der Waals surface area contributed by atoms with Crippen LogP contribution >= 0.6 is 0 Å². The number of aromatic nitrogens is 2. The van der Waals surface area contributed by atoms with Crippen LogP contribution in [0.3, 0.4) is 0 Å². The maximum Gasteiger partial charge on any atom is 0.227 e. The Labute approximate surface area is 148 Å². The molecule has 1 aliphatic rings. The first-order valence-corrected chi connectivity index (χ1v) is 8.63. The first-order valence-electron chi connectivity index (χ1n) is 8.63. The third-order valence-electron chi connectivity index (χ3n) is 4.58. The van der Waals surface area contributed by atoms with Crippen molar-refractivity contribution in [1.29, 1.82) is 0 Å². The Bertz CT molecular complexity index is 761. The van der Waals surface area contributed by atoms with Gasteiger partial charge in [-0.15, -0.1) is 0 Å². The van der Waals surface area contributed by atoms with Gasteiger partial charge < -0.3 is 15.1 Å². The second-order valence-corrected chi connectivity index (χ2v) is 6.58. The summed E-state index contributed by atoms with van der Waals surface area (Å²) in [5, 5.41) is 3.45. The van der Waals surface area contributed by atoms with E-state index < -0.39 is 0 Å². The summed E-state index contributed by atoms with van der Waals surface area (Å²) in [6.07, 6.45) is 0.